The van der Waals surface area contributed by atoms with Crippen molar-refractivity contribution >= 4 is 34.8 Å². The van der Waals surface area contributed by atoms with Crippen LogP contribution in [0, 0.1) is 0 Å². The molecule has 10 nitrogen and oxygen atoms in total. The molecule has 0 unspecified atom stereocenters. The smallest absolute Gasteiger partial charge is 0.330 e. The van der Waals surface area contributed by atoms with Crippen LogP contribution in [0.5, 0.6) is 0 Å². The van der Waals surface area contributed by atoms with Crippen LogP contribution in [0.1, 0.15) is 35.0 Å². The van der Waals surface area contributed by atoms with Gasteiger partial charge in [0, 0.05) is 61.9 Å². The first-order valence-electron chi connectivity index (χ1n) is 14.2. The lowest BCUT2D eigenvalue weighted by molar-refractivity contribution is -0.0280. The predicted molar refractivity (Wildman–Crippen MR) is 171 cm³/mol. The number of hydrogen-bond donors (Lipinski definition) is 3. The quantitative estimate of drug-likeness (QED) is 0.265. The number of anilines is 1. The molecule has 2 atom stereocenters. The summed E-state index contributed by atoms with van der Waals surface area (Å²) in [6.45, 7) is 3.57. The Morgan fingerprint density at radius 3 is 2.48 bits per heavy atom. The zero-order valence-electron chi connectivity index (χ0n) is 24.6. The summed E-state index contributed by atoms with van der Waals surface area (Å²) in [4.78, 5) is 42.6. The van der Waals surface area contributed by atoms with Gasteiger partial charge in [-0.1, -0.05) is 66.5 Å². The first kappa shape index (κ1) is 31.6. The molecule has 5 rings (SSSR count). The van der Waals surface area contributed by atoms with Gasteiger partial charge < -0.3 is 25.0 Å². The molecule has 0 radical (unpaired) electrons. The molecule has 3 heterocycles. The Labute approximate surface area is 264 Å². The number of aliphatic hydroxyl groups excluding tert-OH is 1. The summed E-state index contributed by atoms with van der Waals surface area (Å²) in [5, 5.41) is 17.0. The molecule has 0 saturated carbocycles. The number of carbonyl (C=O) groups is 1. The van der Waals surface area contributed by atoms with E-state index in [1.54, 1.807) is 18.2 Å². The molecular weight excluding hydrogens is 605 g/mol. The van der Waals surface area contributed by atoms with Crippen molar-refractivity contribution in [2.45, 2.75) is 38.5 Å². The highest BCUT2D eigenvalue weighted by molar-refractivity contribution is 6.39. The van der Waals surface area contributed by atoms with Crippen molar-refractivity contribution in [1.82, 2.24) is 19.4 Å². The lowest BCUT2D eigenvalue weighted by Gasteiger charge is -2.28. The molecule has 12 heteroatoms. The van der Waals surface area contributed by atoms with Gasteiger partial charge in [0.25, 0.3) is 11.5 Å². The molecular formula is C32H33Cl2N5O5. The average molecular weight is 639 g/mol. The van der Waals surface area contributed by atoms with Gasteiger partial charge in [0.05, 0.1) is 34.1 Å². The van der Waals surface area contributed by atoms with E-state index >= 15 is 0 Å². The summed E-state index contributed by atoms with van der Waals surface area (Å²) in [5.74, 6) is -0.697. The van der Waals surface area contributed by atoms with E-state index in [9.17, 15) is 19.5 Å². The normalized spacial score (nSPS) is 16.6. The number of halogens is 2. The summed E-state index contributed by atoms with van der Waals surface area (Å²) in [6.07, 6.45) is 2.12. The molecule has 3 N–H and O–H groups in total. The van der Waals surface area contributed by atoms with Gasteiger partial charge in [-0.2, -0.15) is 0 Å². The third-order valence-electron chi connectivity index (χ3n) is 7.79. The number of benzene rings is 2. The highest BCUT2D eigenvalue weighted by Crippen LogP contribution is 2.41. The monoisotopic (exact) mass is 637 g/mol. The first-order chi connectivity index (χ1) is 21.1. The summed E-state index contributed by atoms with van der Waals surface area (Å²) in [7, 11) is 2.77. The van der Waals surface area contributed by atoms with Gasteiger partial charge >= 0.3 is 5.69 Å². The maximum Gasteiger partial charge on any atom is 0.330 e. The van der Waals surface area contributed by atoms with E-state index in [1.807, 2.05) is 37.3 Å². The van der Waals surface area contributed by atoms with E-state index in [0.29, 0.717) is 48.0 Å². The van der Waals surface area contributed by atoms with Crippen LogP contribution >= 0.6 is 23.2 Å². The second-order valence-electron chi connectivity index (χ2n) is 10.7. The number of nitrogens with zero attached hydrogens (tertiary/aromatic N) is 3. The minimum absolute atomic E-state index is 0.0312. The minimum atomic E-state index is -0.712. The van der Waals surface area contributed by atoms with Gasteiger partial charge in [0.15, 0.2) is 0 Å². The van der Waals surface area contributed by atoms with Crippen molar-refractivity contribution in [3.05, 3.63) is 102 Å². The number of pyridine rings is 1. The van der Waals surface area contributed by atoms with Crippen molar-refractivity contribution in [2.75, 3.05) is 18.5 Å². The summed E-state index contributed by atoms with van der Waals surface area (Å²) in [5.41, 5.74) is 3.44. The topological polar surface area (TPSA) is 127 Å². The van der Waals surface area contributed by atoms with Crippen LogP contribution in [0.2, 0.25) is 10.0 Å². The van der Waals surface area contributed by atoms with Crippen LogP contribution in [0.25, 0.3) is 22.4 Å². The van der Waals surface area contributed by atoms with Crippen molar-refractivity contribution in [1.29, 1.82) is 0 Å². The fourth-order valence-electron chi connectivity index (χ4n) is 5.28. The molecule has 0 spiro atoms. The third-order valence-corrected chi connectivity index (χ3v) is 8.60. The lowest BCUT2D eigenvalue weighted by atomic mass is 9.99. The second-order valence-corrected chi connectivity index (χ2v) is 11.4. The van der Waals surface area contributed by atoms with Crippen LogP contribution in [0.15, 0.2) is 64.3 Å². The Morgan fingerprint density at radius 2 is 1.75 bits per heavy atom. The standard InChI is InChI=1S/C32H33Cl2N5O5/c1-4-23-18(15-35-25-13-14-44-17-27(25)40)11-12-24(36-23)21-9-5-7-19(28(21)33)20-8-6-10-26(29(20)34)37-30(41)22-16-38(2)32(43)39(3)31(22)42/h5-12,16,25,27,35,40H,4,13-15,17H2,1-3H3,(H,37,41)/t25-,27+/m1/s1. The average Bonchev–Trinajstić information content (AvgIpc) is 3.02. The minimum Gasteiger partial charge on any atom is -0.389 e. The maximum absolute atomic E-state index is 13.0. The highest BCUT2D eigenvalue weighted by Gasteiger charge is 2.24. The number of aliphatic hydroxyl groups is 1. The first-order valence-corrected chi connectivity index (χ1v) is 15.0. The number of aryl methyl sites for hydroxylation is 2. The molecule has 2 aromatic carbocycles. The van der Waals surface area contributed by atoms with E-state index in [0.717, 1.165) is 32.4 Å². The Morgan fingerprint density at radius 1 is 1.05 bits per heavy atom. The largest absolute Gasteiger partial charge is 0.389 e. The fraction of sp³-hybridized carbons (Fsp3) is 0.312. The van der Waals surface area contributed by atoms with E-state index < -0.39 is 23.3 Å². The van der Waals surface area contributed by atoms with Crippen LogP contribution in [0.4, 0.5) is 5.69 Å². The fourth-order valence-corrected chi connectivity index (χ4v) is 5.88. The summed E-state index contributed by atoms with van der Waals surface area (Å²) < 4.78 is 7.36. The molecule has 1 aliphatic rings. The zero-order valence-corrected chi connectivity index (χ0v) is 26.1. The predicted octanol–water partition coefficient (Wildman–Crippen LogP) is 4.17. The molecule has 4 aromatic rings. The summed E-state index contributed by atoms with van der Waals surface area (Å²) >= 11 is 13.8. The molecule has 1 fully saturated rings. The number of nitrogens with one attached hydrogen (secondary N) is 2. The zero-order chi connectivity index (χ0) is 31.5. The van der Waals surface area contributed by atoms with E-state index in [2.05, 4.69) is 10.6 Å². The third kappa shape index (κ3) is 6.36. The SMILES string of the molecule is CCc1nc(-c2cccc(-c3cccc(NC(=O)c4cn(C)c(=O)n(C)c4=O)c3Cl)c2Cl)ccc1CN[C@@H]1CCOC[C@@H]1O. The number of carbonyl (C=O) groups excluding carboxylic acids is 1. The molecule has 0 aliphatic carbocycles. The van der Waals surface area contributed by atoms with Gasteiger partial charge in [-0.05, 0) is 30.5 Å². The lowest BCUT2D eigenvalue weighted by Crippen LogP contribution is -2.46. The second kappa shape index (κ2) is 13.5. The van der Waals surface area contributed by atoms with Crippen LogP contribution in [-0.2, 0) is 31.8 Å². The van der Waals surface area contributed by atoms with Gasteiger partial charge in [-0.3, -0.25) is 19.1 Å². The maximum atomic E-state index is 13.0. The molecule has 1 saturated heterocycles. The summed E-state index contributed by atoms with van der Waals surface area (Å²) in [6, 6.07) is 14.6. The van der Waals surface area contributed by atoms with E-state index in [-0.39, 0.29) is 22.3 Å². The van der Waals surface area contributed by atoms with Gasteiger partial charge in [-0.25, -0.2) is 4.79 Å². The van der Waals surface area contributed by atoms with Crippen LogP contribution in [0.3, 0.4) is 0 Å². The van der Waals surface area contributed by atoms with Crippen molar-refractivity contribution < 1.29 is 14.6 Å². The Balaban J connectivity index is 1.42. The van der Waals surface area contributed by atoms with Crippen molar-refractivity contribution in [3.63, 3.8) is 0 Å². The van der Waals surface area contributed by atoms with Gasteiger partial charge in [-0.15, -0.1) is 0 Å². The molecule has 1 amide bonds. The number of hydrogen-bond acceptors (Lipinski definition) is 7. The van der Waals surface area contributed by atoms with E-state index in [1.165, 1.54) is 20.3 Å². The Bertz CT molecular complexity index is 1840. The molecule has 230 valence electrons. The van der Waals surface area contributed by atoms with Gasteiger partial charge in [0.2, 0.25) is 0 Å². The van der Waals surface area contributed by atoms with Crippen LogP contribution < -0.4 is 21.9 Å². The van der Waals surface area contributed by atoms with Crippen molar-refractivity contribution in [3.8, 4) is 22.4 Å². The molecule has 1 aliphatic heterocycles. The number of aromatic nitrogens is 3. The van der Waals surface area contributed by atoms with Gasteiger partial charge in [0.1, 0.15) is 5.56 Å². The van der Waals surface area contributed by atoms with E-state index in [4.69, 9.17) is 32.9 Å². The molecule has 44 heavy (non-hydrogen) atoms. The molecule has 2 aromatic heterocycles. The van der Waals surface area contributed by atoms with Crippen LogP contribution in [-0.4, -0.2) is 50.5 Å². The number of ether oxygens (including phenoxy) is 1. The number of amides is 1. The van der Waals surface area contributed by atoms with Crippen molar-refractivity contribution in [2.24, 2.45) is 14.1 Å². The number of rotatable bonds is 8. The molecule has 0 bridgehead atoms. The Kier molecular flexibility index (Phi) is 9.67. The highest BCUT2D eigenvalue weighted by atomic mass is 35.5. The Hall–Kier alpha value is -3.80.